The van der Waals surface area contributed by atoms with Crippen LogP contribution in [-0.2, 0) is 21.1 Å². The van der Waals surface area contributed by atoms with Crippen LogP contribution in [0.5, 0.6) is 5.75 Å². The minimum Gasteiger partial charge on any atom is -0.495 e. The summed E-state index contributed by atoms with van der Waals surface area (Å²) >= 11 is 0. The average Bonchev–Trinajstić information content (AvgIpc) is 2.24. The van der Waals surface area contributed by atoms with E-state index in [0.717, 1.165) is 12.3 Å². The largest absolute Gasteiger partial charge is 0.495 e. The van der Waals surface area contributed by atoms with E-state index in [1.807, 2.05) is 0 Å². The molecule has 96 valence electrons. The van der Waals surface area contributed by atoms with Gasteiger partial charge in [0.25, 0.3) is 0 Å². The third-order valence-corrected chi connectivity index (χ3v) is 3.29. The first-order valence-corrected chi connectivity index (χ1v) is 6.67. The predicted molar refractivity (Wildman–Crippen MR) is 59.9 cm³/mol. The molecule has 0 saturated heterocycles. The highest BCUT2D eigenvalue weighted by molar-refractivity contribution is 7.90. The molecule has 2 N–H and O–H groups in total. The molecule has 0 atom stereocenters. The number of halogens is 1. The van der Waals surface area contributed by atoms with Gasteiger partial charge in [-0.2, -0.15) is 0 Å². The molecule has 0 aliphatic heterocycles. The van der Waals surface area contributed by atoms with Crippen molar-refractivity contribution in [2.45, 2.75) is 11.3 Å². The molecule has 7 heteroatoms. The summed E-state index contributed by atoms with van der Waals surface area (Å²) in [6, 6.07) is 2.13. The van der Waals surface area contributed by atoms with Gasteiger partial charge in [0.15, 0.2) is 9.84 Å². The van der Waals surface area contributed by atoms with Gasteiger partial charge in [-0.25, -0.2) is 18.7 Å². The van der Waals surface area contributed by atoms with Crippen LogP contribution in [0.4, 0.5) is 4.39 Å². The molecule has 0 aliphatic carbocycles. The fourth-order valence-electron chi connectivity index (χ4n) is 1.48. The highest BCUT2D eigenvalue weighted by atomic mass is 32.2. The summed E-state index contributed by atoms with van der Waals surface area (Å²) in [5.74, 6) is 4.37. The van der Waals surface area contributed by atoms with Gasteiger partial charge in [-0.15, -0.1) is 0 Å². The van der Waals surface area contributed by atoms with Crippen molar-refractivity contribution in [2.24, 2.45) is 5.90 Å². The number of methoxy groups -OCH3 is 1. The maximum atomic E-state index is 13.3. The lowest BCUT2D eigenvalue weighted by atomic mass is 10.1. The topological polar surface area (TPSA) is 78.6 Å². The Bertz CT molecular complexity index is 501. The Morgan fingerprint density at radius 2 is 2.06 bits per heavy atom. The van der Waals surface area contributed by atoms with Crippen LogP contribution < -0.4 is 10.6 Å². The summed E-state index contributed by atoms with van der Waals surface area (Å²) < 4.78 is 41.3. The van der Waals surface area contributed by atoms with E-state index in [4.69, 9.17) is 10.6 Å². The first-order valence-electron chi connectivity index (χ1n) is 4.78. The third kappa shape index (κ3) is 3.39. The zero-order chi connectivity index (χ0) is 13.1. The zero-order valence-electron chi connectivity index (χ0n) is 9.57. The van der Waals surface area contributed by atoms with Crippen LogP contribution in [0.3, 0.4) is 0 Å². The Morgan fingerprint density at radius 1 is 1.41 bits per heavy atom. The Labute approximate surface area is 99.2 Å². The molecule has 0 fully saturated rings. The first-order chi connectivity index (χ1) is 7.90. The molecule has 0 amide bonds. The monoisotopic (exact) mass is 263 g/mol. The Morgan fingerprint density at radius 3 is 2.53 bits per heavy atom. The van der Waals surface area contributed by atoms with Gasteiger partial charge in [0.05, 0.1) is 13.7 Å². The normalized spacial score (nSPS) is 11.5. The zero-order valence-corrected chi connectivity index (χ0v) is 10.4. The second-order valence-corrected chi connectivity index (χ2v) is 5.47. The van der Waals surface area contributed by atoms with Crippen molar-refractivity contribution in [3.8, 4) is 5.75 Å². The quantitative estimate of drug-likeness (QED) is 0.790. The molecule has 0 unspecified atom stereocenters. The van der Waals surface area contributed by atoms with Crippen molar-refractivity contribution in [1.82, 2.24) is 0 Å². The summed E-state index contributed by atoms with van der Waals surface area (Å²) in [5.41, 5.74) is 0.401. The molecule has 0 radical (unpaired) electrons. The van der Waals surface area contributed by atoms with E-state index in [1.54, 1.807) is 0 Å². The second kappa shape index (κ2) is 5.44. The van der Waals surface area contributed by atoms with Gasteiger partial charge in [-0.05, 0) is 12.1 Å². The van der Waals surface area contributed by atoms with Crippen LogP contribution in [0.15, 0.2) is 17.0 Å². The second-order valence-electron chi connectivity index (χ2n) is 3.49. The maximum absolute atomic E-state index is 13.3. The minimum absolute atomic E-state index is 0.131. The number of nitrogens with two attached hydrogens (primary N) is 1. The number of sulfone groups is 1. The fraction of sp³-hybridized carbons (Fsp3) is 0.400. The van der Waals surface area contributed by atoms with E-state index in [-0.39, 0.29) is 23.7 Å². The van der Waals surface area contributed by atoms with Crippen LogP contribution >= 0.6 is 0 Å². The predicted octanol–water partition coefficient (Wildman–Crippen LogP) is 0.671. The SMILES string of the molecule is COc1c(CCON)cc(F)cc1S(C)(=O)=O. The van der Waals surface area contributed by atoms with E-state index in [0.29, 0.717) is 5.56 Å². The Kier molecular flexibility index (Phi) is 4.44. The molecular formula is C10H14FNO4S. The molecule has 5 nitrogen and oxygen atoms in total. The molecule has 17 heavy (non-hydrogen) atoms. The molecule has 0 spiro atoms. The van der Waals surface area contributed by atoms with E-state index < -0.39 is 15.7 Å². The molecule has 1 rings (SSSR count). The summed E-state index contributed by atoms with van der Waals surface area (Å²) in [7, 11) is -2.22. The molecule has 0 heterocycles. The van der Waals surface area contributed by atoms with Crippen molar-refractivity contribution in [3.63, 3.8) is 0 Å². The van der Waals surface area contributed by atoms with Crippen molar-refractivity contribution in [1.29, 1.82) is 0 Å². The van der Waals surface area contributed by atoms with E-state index >= 15 is 0 Å². The molecule has 0 bridgehead atoms. The lowest BCUT2D eigenvalue weighted by Crippen LogP contribution is -2.08. The molecule has 0 saturated carbocycles. The number of hydrogen-bond acceptors (Lipinski definition) is 5. The Balaban J connectivity index is 3.35. The summed E-state index contributed by atoms with van der Waals surface area (Å²) in [4.78, 5) is 4.21. The van der Waals surface area contributed by atoms with Gasteiger partial charge in [-0.3, -0.25) is 0 Å². The van der Waals surface area contributed by atoms with Crippen LogP contribution in [-0.4, -0.2) is 28.4 Å². The van der Waals surface area contributed by atoms with Crippen LogP contribution in [0, 0.1) is 5.82 Å². The number of benzene rings is 1. The van der Waals surface area contributed by atoms with E-state index in [1.165, 1.54) is 13.2 Å². The maximum Gasteiger partial charge on any atom is 0.179 e. The summed E-state index contributed by atoms with van der Waals surface area (Å²) in [6.45, 7) is 0.142. The smallest absolute Gasteiger partial charge is 0.179 e. The van der Waals surface area contributed by atoms with Crippen molar-refractivity contribution in [3.05, 3.63) is 23.5 Å². The number of hydrogen-bond donors (Lipinski definition) is 1. The average molecular weight is 263 g/mol. The van der Waals surface area contributed by atoms with Crippen LogP contribution in [0.25, 0.3) is 0 Å². The molecular weight excluding hydrogens is 249 g/mol. The standard InChI is InChI=1S/C10H14FNO4S/c1-15-10-7(3-4-16-12)5-8(11)6-9(10)17(2,13)14/h5-6H,3-4,12H2,1-2H3. The number of rotatable bonds is 5. The lowest BCUT2D eigenvalue weighted by molar-refractivity contribution is 0.140. The molecule has 1 aromatic rings. The van der Waals surface area contributed by atoms with Gasteiger partial charge >= 0.3 is 0 Å². The van der Waals surface area contributed by atoms with Crippen molar-refractivity contribution < 1.29 is 22.4 Å². The van der Waals surface area contributed by atoms with E-state index in [9.17, 15) is 12.8 Å². The van der Waals surface area contributed by atoms with Gasteiger partial charge in [0, 0.05) is 18.2 Å². The molecule has 0 aliphatic rings. The number of ether oxygens (including phenoxy) is 1. The minimum atomic E-state index is -3.55. The van der Waals surface area contributed by atoms with E-state index in [2.05, 4.69) is 4.84 Å². The van der Waals surface area contributed by atoms with Crippen LogP contribution in [0.2, 0.25) is 0 Å². The highest BCUT2D eigenvalue weighted by Crippen LogP contribution is 2.29. The fourth-order valence-corrected chi connectivity index (χ4v) is 2.36. The lowest BCUT2D eigenvalue weighted by Gasteiger charge is -2.12. The molecule has 0 aromatic heterocycles. The van der Waals surface area contributed by atoms with Gasteiger partial charge < -0.3 is 9.57 Å². The first kappa shape index (κ1) is 13.9. The molecule has 1 aromatic carbocycles. The van der Waals surface area contributed by atoms with Gasteiger partial charge in [-0.1, -0.05) is 0 Å². The Hall–Kier alpha value is -1.18. The van der Waals surface area contributed by atoms with Gasteiger partial charge in [0.2, 0.25) is 0 Å². The summed E-state index contributed by atoms with van der Waals surface area (Å²) in [6.07, 6.45) is 1.26. The van der Waals surface area contributed by atoms with Crippen molar-refractivity contribution in [2.75, 3.05) is 20.0 Å². The van der Waals surface area contributed by atoms with Gasteiger partial charge in [0.1, 0.15) is 16.5 Å². The third-order valence-electron chi connectivity index (χ3n) is 2.19. The van der Waals surface area contributed by atoms with Crippen LogP contribution in [0.1, 0.15) is 5.56 Å². The van der Waals surface area contributed by atoms with Crippen molar-refractivity contribution >= 4 is 9.84 Å². The highest BCUT2D eigenvalue weighted by Gasteiger charge is 2.19. The summed E-state index contributed by atoms with van der Waals surface area (Å²) in [5, 5.41) is 0.